The molecule has 8 heteroatoms. The lowest BCUT2D eigenvalue weighted by Gasteiger charge is -2.14. The Morgan fingerprint density at radius 1 is 1.21 bits per heavy atom. The Labute approximate surface area is 162 Å². The summed E-state index contributed by atoms with van der Waals surface area (Å²) in [6.45, 7) is 2.53. The van der Waals surface area contributed by atoms with E-state index in [1.54, 1.807) is 35.0 Å². The molecule has 0 aliphatic heterocycles. The quantitative estimate of drug-likeness (QED) is 0.670. The molecule has 2 aromatic heterocycles. The van der Waals surface area contributed by atoms with E-state index in [0.717, 1.165) is 0 Å². The maximum absolute atomic E-state index is 13.0. The van der Waals surface area contributed by atoms with Gasteiger partial charge in [-0.25, -0.2) is 4.98 Å². The lowest BCUT2D eigenvalue weighted by molar-refractivity contribution is 0.0951. The van der Waals surface area contributed by atoms with Crippen molar-refractivity contribution in [3.05, 3.63) is 58.4 Å². The van der Waals surface area contributed by atoms with Crippen LogP contribution >= 0.6 is 0 Å². The molecule has 3 rings (SSSR count). The number of methoxy groups -OCH3 is 2. The van der Waals surface area contributed by atoms with E-state index in [4.69, 9.17) is 9.47 Å². The number of carbonyl (C=O) groups excluding carboxylic acids is 1. The van der Waals surface area contributed by atoms with Gasteiger partial charge in [0.05, 0.1) is 30.7 Å². The molecule has 0 fully saturated rings. The molecule has 1 amide bonds. The minimum Gasteiger partial charge on any atom is -0.493 e. The normalized spacial score (nSPS) is 10.7. The number of aryl methyl sites for hydroxylation is 1. The highest BCUT2D eigenvalue weighted by Crippen LogP contribution is 2.30. The van der Waals surface area contributed by atoms with Crippen molar-refractivity contribution in [1.82, 2.24) is 19.9 Å². The zero-order chi connectivity index (χ0) is 20.1. The third kappa shape index (κ3) is 3.80. The number of hydrogen-bond donors (Lipinski definition) is 1. The Morgan fingerprint density at radius 2 is 1.96 bits per heavy atom. The van der Waals surface area contributed by atoms with Gasteiger partial charge in [-0.05, 0) is 18.2 Å². The number of carbonyl (C=O) groups is 1. The van der Waals surface area contributed by atoms with Crippen molar-refractivity contribution in [3.63, 3.8) is 0 Å². The fourth-order valence-electron chi connectivity index (χ4n) is 2.97. The van der Waals surface area contributed by atoms with E-state index in [1.807, 2.05) is 6.92 Å². The van der Waals surface area contributed by atoms with E-state index in [9.17, 15) is 9.59 Å². The smallest absolute Gasteiger partial charge is 0.261 e. The van der Waals surface area contributed by atoms with Crippen molar-refractivity contribution in [2.24, 2.45) is 0 Å². The summed E-state index contributed by atoms with van der Waals surface area (Å²) >= 11 is 0. The highest BCUT2D eigenvalue weighted by molar-refractivity contribution is 5.93. The van der Waals surface area contributed by atoms with Gasteiger partial charge in [-0.15, -0.1) is 0 Å². The third-order valence-electron chi connectivity index (χ3n) is 4.40. The van der Waals surface area contributed by atoms with E-state index >= 15 is 0 Å². The molecule has 1 aromatic carbocycles. The number of nitrogens with one attached hydrogen (secondary N) is 1. The van der Waals surface area contributed by atoms with Gasteiger partial charge in [0, 0.05) is 38.0 Å². The average molecular weight is 382 g/mol. The van der Waals surface area contributed by atoms with E-state index in [0.29, 0.717) is 53.3 Å². The number of benzene rings is 1. The Bertz CT molecular complexity index is 1050. The Morgan fingerprint density at radius 3 is 2.61 bits per heavy atom. The summed E-state index contributed by atoms with van der Waals surface area (Å²) in [6, 6.07) is 6.71. The first-order valence-electron chi connectivity index (χ1n) is 8.92. The number of hydrogen-bond acceptors (Lipinski definition) is 6. The molecule has 0 spiro atoms. The van der Waals surface area contributed by atoms with Crippen LogP contribution in [0.2, 0.25) is 0 Å². The number of nitrogens with zero attached hydrogens (tertiary/aromatic N) is 3. The number of fused-ring (bicyclic) bond motifs is 1. The standard InChI is InChI=1S/C20H22N4O4/c1-4-18-23-15-11-17(28-3)16(27-2)10-14(15)20(26)24(18)9-8-22-19(25)13-6-5-7-21-12-13/h5-7,10-12H,4,8-9H2,1-3H3,(H,22,25). The number of ether oxygens (including phenoxy) is 2. The van der Waals surface area contributed by atoms with E-state index in [-0.39, 0.29) is 11.5 Å². The Kier molecular flexibility index (Phi) is 5.88. The van der Waals surface area contributed by atoms with Gasteiger partial charge in [0.2, 0.25) is 0 Å². The molecule has 3 aromatic rings. The Balaban J connectivity index is 1.88. The predicted octanol–water partition coefficient (Wildman–Crippen LogP) is 1.80. The molecule has 1 N–H and O–H groups in total. The summed E-state index contributed by atoms with van der Waals surface area (Å²) in [5.74, 6) is 1.39. The van der Waals surface area contributed by atoms with Crippen LogP contribution in [0.3, 0.4) is 0 Å². The van der Waals surface area contributed by atoms with Crippen molar-refractivity contribution >= 4 is 16.8 Å². The van der Waals surface area contributed by atoms with E-state index < -0.39 is 0 Å². The first-order chi connectivity index (χ1) is 13.6. The molecule has 28 heavy (non-hydrogen) atoms. The first-order valence-corrected chi connectivity index (χ1v) is 8.92. The van der Waals surface area contributed by atoms with E-state index in [1.165, 1.54) is 20.4 Å². The topological polar surface area (TPSA) is 95.3 Å². The van der Waals surface area contributed by atoms with Crippen molar-refractivity contribution in [1.29, 1.82) is 0 Å². The second kappa shape index (κ2) is 8.51. The molecule has 0 aliphatic carbocycles. The largest absolute Gasteiger partial charge is 0.493 e. The monoisotopic (exact) mass is 382 g/mol. The maximum Gasteiger partial charge on any atom is 0.261 e. The van der Waals surface area contributed by atoms with Crippen LogP contribution in [0.25, 0.3) is 10.9 Å². The van der Waals surface area contributed by atoms with Crippen LogP contribution in [0, 0.1) is 0 Å². The Hall–Kier alpha value is -3.42. The molecule has 0 radical (unpaired) electrons. The SMILES string of the molecule is CCc1nc2cc(OC)c(OC)cc2c(=O)n1CCNC(=O)c1cccnc1. The summed E-state index contributed by atoms with van der Waals surface area (Å²) in [5, 5.41) is 3.24. The van der Waals surface area contributed by atoms with Gasteiger partial charge in [0.1, 0.15) is 5.82 Å². The molecule has 146 valence electrons. The van der Waals surface area contributed by atoms with Crippen LogP contribution in [0.5, 0.6) is 11.5 Å². The van der Waals surface area contributed by atoms with Gasteiger partial charge in [0.15, 0.2) is 11.5 Å². The van der Waals surface area contributed by atoms with Gasteiger partial charge in [-0.3, -0.25) is 19.1 Å². The van der Waals surface area contributed by atoms with Crippen LogP contribution in [-0.4, -0.2) is 41.2 Å². The molecule has 8 nitrogen and oxygen atoms in total. The van der Waals surface area contributed by atoms with Gasteiger partial charge >= 0.3 is 0 Å². The van der Waals surface area contributed by atoms with Gasteiger partial charge in [-0.1, -0.05) is 6.92 Å². The van der Waals surface area contributed by atoms with Gasteiger partial charge in [-0.2, -0.15) is 0 Å². The van der Waals surface area contributed by atoms with Crippen LogP contribution in [0.4, 0.5) is 0 Å². The summed E-state index contributed by atoms with van der Waals surface area (Å²) in [6.07, 6.45) is 3.68. The fourth-order valence-corrected chi connectivity index (χ4v) is 2.97. The highest BCUT2D eigenvalue weighted by Gasteiger charge is 2.14. The molecule has 0 saturated heterocycles. The number of aromatic nitrogens is 3. The lowest BCUT2D eigenvalue weighted by Crippen LogP contribution is -2.33. The molecular weight excluding hydrogens is 360 g/mol. The summed E-state index contributed by atoms with van der Waals surface area (Å²) in [5.41, 5.74) is 0.840. The van der Waals surface area contributed by atoms with Gasteiger partial charge < -0.3 is 14.8 Å². The number of pyridine rings is 1. The highest BCUT2D eigenvalue weighted by atomic mass is 16.5. The van der Waals surface area contributed by atoms with Crippen LogP contribution < -0.4 is 20.3 Å². The molecule has 0 atom stereocenters. The maximum atomic E-state index is 13.0. The van der Waals surface area contributed by atoms with Crippen molar-refractivity contribution in [2.45, 2.75) is 19.9 Å². The lowest BCUT2D eigenvalue weighted by atomic mass is 10.2. The molecule has 2 heterocycles. The molecule has 0 saturated carbocycles. The van der Waals surface area contributed by atoms with Crippen LogP contribution in [-0.2, 0) is 13.0 Å². The minimum atomic E-state index is -0.237. The predicted molar refractivity (Wildman–Crippen MR) is 105 cm³/mol. The molecule has 0 aliphatic rings. The zero-order valence-electron chi connectivity index (χ0n) is 16.1. The van der Waals surface area contributed by atoms with Crippen LogP contribution in [0.15, 0.2) is 41.5 Å². The molecule has 0 unspecified atom stereocenters. The van der Waals surface area contributed by atoms with Crippen molar-refractivity contribution < 1.29 is 14.3 Å². The van der Waals surface area contributed by atoms with Crippen molar-refractivity contribution in [3.8, 4) is 11.5 Å². The number of rotatable bonds is 7. The van der Waals surface area contributed by atoms with Crippen molar-refractivity contribution in [2.75, 3.05) is 20.8 Å². The average Bonchev–Trinajstić information content (AvgIpc) is 2.74. The minimum absolute atomic E-state index is 0.182. The summed E-state index contributed by atoms with van der Waals surface area (Å²) in [7, 11) is 3.06. The molecule has 0 bridgehead atoms. The zero-order valence-corrected chi connectivity index (χ0v) is 16.1. The second-order valence-electron chi connectivity index (χ2n) is 6.06. The second-order valence-corrected chi connectivity index (χ2v) is 6.06. The summed E-state index contributed by atoms with van der Waals surface area (Å²) in [4.78, 5) is 33.7. The third-order valence-corrected chi connectivity index (χ3v) is 4.40. The summed E-state index contributed by atoms with van der Waals surface area (Å²) < 4.78 is 12.2. The van der Waals surface area contributed by atoms with E-state index in [2.05, 4.69) is 15.3 Å². The molecular formula is C20H22N4O4. The number of amides is 1. The van der Waals surface area contributed by atoms with Gasteiger partial charge in [0.25, 0.3) is 11.5 Å². The fraction of sp³-hybridized carbons (Fsp3) is 0.300. The van der Waals surface area contributed by atoms with Crippen LogP contribution in [0.1, 0.15) is 23.1 Å². The first kappa shape index (κ1) is 19.3.